The summed E-state index contributed by atoms with van der Waals surface area (Å²) in [6.07, 6.45) is 2.83. The van der Waals surface area contributed by atoms with Crippen LogP contribution >= 0.6 is 0 Å². The third-order valence-electron chi connectivity index (χ3n) is 7.17. The van der Waals surface area contributed by atoms with Crippen LogP contribution in [0.1, 0.15) is 51.4 Å². The minimum atomic E-state index is -4.91. The number of carbonyl (C=O) groups excluding carboxylic acids is 1. The summed E-state index contributed by atoms with van der Waals surface area (Å²) in [5, 5.41) is 14.2. The van der Waals surface area contributed by atoms with Crippen LogP contribution in [0.2, 0.25) is 0 Å². The van der Waals surface area contributed by atoms with Gasteiger partial charge in [-0.2, -0.15) is 8.78 Å². The summed E-state index contributed by atoms with van der Waals surface area (Å²) in [7, 11) is -11.1. The van der Waals surface area contributed by atoms with Gasteiger partial charge in [-0.3, -0.25) is 28.5 Å². The molecule has 4 rings (SSSR count). The quantitative estimate of drug-likeness (QED) is 0.0503. The van der Waals surface area contributed by atoms with Crippen LogP contribution in [0.15, 0.2) is 0 Å². The molecular formula is C25H40F6N2Na2O16S3. The van der Waals surface area contributed by atoms with Gasteiger partial charge in [-0.15, -0.1) is 25.3 Å². The number of ether oxygens (including phenoxy) is 3. The van der Waals surface area contributed by atoms with Gasteiger partial charge in [0.1, 0.15) is 6.10 Å². The number of carboxylic acids is 1. The smallest absolute Gasteiger partial charge is 0.500 e. The Morgan fingerprint density at radius 1 is 0.685 bits per heavy atom. The molecule has 18 nitrogen and oxygen atoms in total. The second-order valence-corrected chi connectivity index (χ2v) is 12.6. The number of morpholine rings is 2. The Kier molecular flexibility index (Phi) is 38.1. The molecule has 4 atom stereocenters. The van der Waals surface area contributed by atoms with E-state index in [0.29, 0.717) is 25.7 Å². The average molecular weight is 881 g/mol. The Balaban J connectivity index is -0.000000305. The minimum absolute atomic E-state index is 0. The zero-order valence-electron chi connectivity index (χ0n) is 29.2. The van der Waals surface area contributed by atoms with Gasteiger partial charge >= 0.3 is 85.7 Å². The molecule has 0 bridgehead atoms. The van der Waals surface area contributed by atoms with Crippen molar-refractivity contribution in [2.24, 2.45) is 0 Å². The number of halogens is 6. The van der Waals surface area contributed by atoms with Crippen molar-refractivity contribution in [3.8, 4) is 0 Å². The summed E-state index contributed by atoms with van der Waals surface area (Å²) >= 11 is 0. The Hall–Kier alpha value is -0.760. The van der Waals surface area contributed by atoms with Crippen LogP contribution < -0.4 is 59.1 Å². The van der Waals surface area contributed by atoms with E-state index in [9.17, 15) is 40.5 Å². The molecule has 2 heterocycles. The summed E-state index contributed by atoms with van der Waals surface area (Å²) in [5.41, 5.74) is 0. The van der Waals surface area contributed by atoms with Crippen molar-refractivity contribution >= 4 is 48.6 Å². The molecule has 2 saturated carbocycles. The van der Waals surface area contributed by atoms with Crippen LogP contribution in [0.25, 0.3) is 0 Å². The number of nitrogens with zero attached hydrogens (tertiary/aromatic N) is 2. The largest absolute Gasteiger partial charge is 1.00 e. The van der Waals surface area contributed by atoms with Crippen LogP contribution in [0.3, 0.4) is 0 Å². The maximum Gasteiger partial charge on any atom is 1.00 e. The van der Waals surface area contributed by atoms with E-state index in [0.717, 1.165) is 65.1 Å². The second-order valence-electron chi connectivity index (χ2n) is 10.5. The van der Waals surface area contributed by atoms with Crippen LogP contribution in [-0.2, 0) is 55.1 Å². The third kappa shape index (κ3) is 32.3. The molecule has 2 aliphatic heterocycles. The van der Waals surface area contributed by atoms with Crippen LogP contribution in [0.4, 0.5) is 26.3 Å². The molecule has 29 heteroatoms. The molecular weight excluding hydrogens is 840 g/mol. The number of hydrogen-bond donors (Lipinski definition) is 4. The van der Waals surface area contributed by atoms with E-state index in [2.05, 4.69) is 9.80 Å². The van der Waals surface area contributed by atoms with Crippen molar-refractivity contribution in [1.82, 2.24) is 9.80 Å². The number of aliphatic carboxylic acids is 1. The van der Waals surface area contributed by atoms with Crippen molar-refractivity contribution in [1.29, 1.82) is 0 Å². The number of rotatable bonds is 5. The third-order valence-corrected chi connectivity index (χ3v) is 7.57. The molecule has 4 aliphatic rings. The van der Waals surface area contributed by atoms with Gasteiger partial charge in [0, 0.05) is 51.1 Å². The van der Waals surface area contributed by atoms with Crippen molar-refractivity contribution < 1.29 is 158 Å². The standard InChI is InChI=1S/C12H18F2NO3.C10H19NO2.C2HF2O2.CH2F2O3S.2Na.2O3S/c13-11(14)12(16)18-10-4-2-1-3-9(10)15-5-7-17-8-6-15;12-10-4-2-1-3-9(10)11-5-7-13-8-6-11;3-1(4)2(5)6;2-1(3)7(4,5)6;;;2*1-4(2)3/h9-10H,1-8H2;9-10,12H,1-8H2;(H,5,6);(H2,4,5,6);;;;/q-1;;-1;;2*+1;;. The van der Waals surface area contributed by atoms with Gasteiger partial charge < -0.3 is 42.0 Å². The molecule has 54 heavy (non-hydrogen) atoms. The van der Waals surface area contributed by atoms with Crippen LogP contribution in [0, 0.1) is 12.9 Å². The van der Waals surface area contributed by atoms with Gasteiger partial charge in [0.25, 0.3) is 10.1 Å². The molecule has 0 aromatic heterocycles. The van der Waals surface area contributed by atoms with Gasteiger partial charge in [0.15, 0.2) is 0 Å². The normalized spacial score (nSPS) is 22.2. The van der Waals surface area contributed by atoms with Crippen molar-refractivity contribution in [2.45, 2.75) is 75.7 Å². The summed E-state index contributed by atoms with van der Waals surface area (Å²) in [6.45, 7) is 6.54. The Morgan fingerprint density at radius 3 is 1.31 bits per heavy atom. The van der Waals surface area contributed by atoms with E-state index in [4.69, 9.17) is 58.5 Å². The fourth-order valence-electron chi connectivity index (χ4n) is 5.15. The fraction of sp³-hybridized carbons (Fsp3) is 0.800. The monoisotopic (exact) mass is 880 g/mol. The van der Waals surface area contributed by atoms with Gasteiger partial charge in [0.2, 0.25) is 11.9 Å². The maximum atomic E-state index is 12.2. The van der Waals surface area contributed by atoms with E-state index in [1.807, 2.05) is 0 Å². The maximum absolute atomic E-state index is 12.2. The van der Waals surface area contributed by atoms with Gasteiger partial charge in [-0.25, -0.2) is 4.21 Å². The Bertz CT molecular complexity index is 1330. The van der Waals surface area contributed by atoms with E-state index in [1.165, 1.54) is 19.3 Å². The van der Waals surface area contributed by atoms with E-state index in [1.54, 1.807) is 0 Å². The van der Waals surface area contributed by atoms with E-state index in [-0.39, 0.29) is 71.3 Å². The zero-order valence-corrected chi connectivity index (χ0v) is 35.6. The number of aliphatic hydroxyl groups is 1. The first-order chi connectivity index (χ1) is 24.1. The first kappa shape index (κ1) is 59.9. The van der Waals surface area contributed by atoms with E-state index < -0.39 is 67.6 Å². The minimum Gasteiger partial charge on any atom is -0.500 e. The van der Waals surface area contributed by atoms with Gasteiger partial charge in [0.05, 0.1) is 32.5 Å². The van der Waals surface area contributed by atoms with Gasteiger partial charge in [-0.05, 0) is 32.1 Å². The Morgan fingerprint density at radius 2 is 1.00 bits per heavy atom. The fourth-order valence-corrected chi connectivity index (χ4v) is 5.15. The first-order valence-electron chi connectivity index (χ1n) is 14.9. The van der Waals surface area contributed by atoms with Crippen molar-refractivity contribution in [3.05, 3.63) is 12.9 Å². The predicted octanol–water partition coefficient (Wildman–Crippen LogP) is -5.03. The van der Waals surface area contributed by atoms with Crippen LogP contribution in [-0.4, -0.2) is 153 Å². The molecule has 0 aromatic rings. The first-order valence-corrected chi connectivity index (χ1v) is 18.4. The number of esters is 1. The van der Waals surface area contributed by atoms with Crippen LogP contribution in [0.5, 0.6) is 0 Å². The van der Waals surface area contributed by atoms with Gasteiger partial charge in [-0.1, -0.05) is 19.3 Å². The molecule has 308 valence electrons. The summed E-state index contributed by atoms with van der Waals surface area (Å²) in [5.74, 6) is -3.63. The number of carbonyl (C=O) groups is 2. The zero-order chi connectivity index (χ0) is 40.4. The predicted molar refractivity (Wildman–Crippen MR) is 164 cm³/mol. The molecule has 0 radical (unpaired) electrons. The molecule has 0 amide bonds. The second kappa shape index (κ2) is 34.3. The summed E-state index contributed by atoms with van der Waals surface area (Å²) < 4.78 is 157. The molecule has 0 spiro atoms. The summed E-state index contributed by atoms with van der Waals surface area (Å²) in [6, 6.07) is 0.476. The average Bonchev–Trinajstić information content (AvgIpc) is 3.06. The number of hydrogen-bond acceptors (Lipinski definition) is 15. The molecule has 4 N–H and O–H groups in total. The molecule has 2 aliphatic carbocycles. The Labute approximate surface area is 355 Å². The molecule has 0 aromatic carbocycles. The SMILES string of the molecule is O=C(O)[C-](F)F.O=C(OC1CCCCC1N1CCOCC1)[C-](F)F.O=S(=O)=O.O=S(=O)=O.O=S(O)(O)=C(F)F.OC1CCCCC1N1CCOCC1.[Na+].[Na+]. The molecule has 4 unspecified atom stereocenters. The number of aliphatic hydroxyl groups excluding tert-OH is 1. The van der Waals surface area contributed by atoms with Crippen molar-refractivity contribution in [2.75, 3.05) is 52.6 Å². The number of carboxylic acid groups (broad SMARTS) is 1. The molecule has 2 saturated heterocycles. The molecule has 4 fully saturated rings. The topological polar surface area (TPSA) is 269 Å². The summed E-state index contributed by atoms with van der Waals surface area (Å²) in [4.78, 5) is 24.5. The van der Waals surface area contributed by atoms with Crippen molar-refractivity contribution in [3.63, 3.8) is 0 Å². The van der Waals surface area contributed by atoms with E-state index >= 15 is 0 Å².